The molecule has 1 aliphatic heterocycles. The van der Waals surface area contributed by atoms with Crippen LogP contribution in [0, 0.1) is 15.9 Å². The quantitative estimate of drug-likeness (QED) is 0.482. The van der Waals surface area contributed by atoms with Crippen molar-refractivity contribution in [3.63, 3.8) is 0 Å². The number of nitrogens with zero attached hydrogens (tertiary/aromatic N) is 1. The van der Waals surface area contributed by atoms with E-state index in [1.54, 1.807) is 0 Å². The molecule has 2 amide bonds. The zero-order valence-electron chi connectivity index (χ0n) is 9.68. The Bertz CT molecular complexity index is 561. The number of carbonyl (C=O) groups is 2. The molecule has 1 unspecified atom stereocenters. The molecule has 8 heteroatoms. The molecule has 2 N–H and O–H groups in total. The van der Waals surface area contributed by atoms with Gasteiger partial charge in [0, 0.05) is 18.6 Å². The molecule has 1 aromatic rings. The van der Waals surface area contributed by atoms with E-state index >= 15 is 0 Å². The minimum Gasteiger partial charge on any atom is -0.368 e. The Morgan fingerprint density at radius 1 is 1.42 bits per heavy atom. The highest BCUT2D eigenvalue weighted by Gasteiger charge is 2.28. The number of halogens is 1. The monoisotopic (exact) mass is 267 g/mol. The van der Waals surface area contributed by atoms with Crippen molar-refractivity contribution in [3.8, 4) is 0 Å². The van der Waals surface area contributed by atoms with Gasteiger partial charge in [-0.3, -0.25) is 25.0 Å². The van der Waals surface area contributed by atoms with Gasteiger partial charge in [-0.1, -0.05) is 0 Å². The first-order valence-corrected chi connectivity index (χ1v) is 5.51. The predicted molar refractivity (Wildman–Crippen MR) is 62.8 cm³/mol. The third kappa shape index (κ3) is 2.84. The minimum atomic E-state index is -0.793. The number of imide groups is 1. The summed E-state index contributed by atoms with van der Waals surface area (Å²) in [5.41, 5.74) is -0.411. The van der Waals surface area contributed by atoms with E-state index in [-0.39, 0.29) is 24.2 Å². The number of benzene rings is 1. The van der Waals surface area contributed by atoms with E-state index in [1.165, 1.54) is 0 Å². The Kier molecular flexibility index (Phi) is 3.41. The van der Waals surface area contributed by atoms with Gasteiger partial charge in [0.25, 0.3) is 5.69 Å². The van der Waals surface area contributed by atoms with Crippen molar-refractivity contribution in [3.05, 3.63) is 34.1 Å². The first kappa shape index (κ1) is 12.9. The largest absolute Gasteiger partial charge is 0.368 e. The lowest BCUT2D eigenvalue weighted by Crippen LogP contribution is -2.47. The van der Waals surface area contributed by atoms with Crippen LogP contribution >= 0.6 is 0 Å². The normalized spacial score (nSPS) is 18.9. The second kappa shape index (κ2) is 5.01. The Morgan fingerprint density at radius 2 is 2.16 bits per heavy atom. The van der Waals surface area contributed by atoms with Gasteiger partial charge in [-0.15, -0.1) is 0 Å². The second-order valence-electron chi connectivity index (χ2n) is 4.07. The second-order valence-corrected chi connectivity index (χ2v) is 4.07. The number of anilines is 1. The van der Waals surface area contributed by atoms with Crippen molar-refractivity contribution in [2.24, 2.45) is 0 Å². The summed E-state index contributed by atoms with van der Waals surface area (Å²) >= 11 is 0. The standard InChI is InChI=1S/C11H10FN3O4/c12-6-1-3-9(15(18)19)8(5-6)13-7-2-4-10(16)14-11(7)17/h1,3,5,7,13H,2,4H2,(H,14,16,17). The third-order valence-corrected chi connectivity index (χ3v) is 2.72. The van der Waals surface area contributed by atoms with E-state index in [2.05, 4.69) is 10.6 Å². The zero-order chi connectivity index (χ0) is 14.0. The lowest BCUT2D eigenvalue weighted by molar-refractivity contribution is -0.384. The van der Waals surface area contributed by atoms with Crippen LogP contribution in [0.5, 0.6) is 0 Å². The fraction of sp³-hybridized carbons (Fsp3) is 0.273. The third-order valence-electron chi connectivity index (χ3n) is 2.72. The van der Waals surface area contributed by atoms with Crippen molar-refractivity contribution < 1.29 is 18.9 Å². The highest BCUT2D eigenvalue weighted by molar-refractivity contribution is 6.01. The maximum atomic E-state index is 13.1. The number of amides is 2. The molecule has 0 aromatic heterocycles. The fourth-order valence-corrected chi connectivity index (χ4v) is 1.80. The topological polar surface area (TPSA) is 101 Å². The lowest BCUT2D eigenvalue weighted by Gasteiger charge is -2.22. The van der Waals surface area contributed by atoms with Crippen LogP contribution in [-0.2, 0) is 9.59 Å². The highest BCUT2D eigenvalue weighted by atomic mass is 19.1. The highest BCUT2D eigenvalue weighted by Crippen LogP contribution is 2.26. The molecule has 0 spiro atoms. The molecule has 1 aromatic carbocycles. The first-order valence-electron chi connectivity index (χ1n) is 5.51. The van der Waals surface area contributed by atoms with Crippen molar-refractivity contribution in [1.29, 1.82) is 0 Å². The lowest BCUT2D eigenvalue weighted by atomic mass is 10.1. The Balaban J connectivity index is 2.23. The van der Waals surface area contributed by atoms with Gasteiger partial charge in [-0.25, -0.2) is 4.39 Å². The van der Waals surface area contributed by atoms with Crippen LogP contribution in [0.15, 0.2) is 18.2 Å². The maximum absolute atomic E-state index is 13.1. The average Bonchev–Trinajstić information content (AvgIpc) is 2.32. The zero-order valence-corrected chi connectivity index (χ0v) is 9.68. The number of carbonyl (C=O) groups excluding carboxylic acids is 2. The summed E-state index contributed by atoms with van der Waals surface area (Å²) in [6.45, 7) is 0. The molecule has 0 radical (unpaired) electrons. The molecule has 1 atom stereocenters. The Labute approximate surface area is 106 Å². The summed E-state index contributed by atoms with van der Waals surface area (Å²) < 4.78 is 13.1. The summed E-state index contributed by atoms with van der Waals surface area (Å²) in [5.74, 6) is -1.62. The van der Waals surface area contributed by atoms with Crippen LogP contribution in [0.2, 0.25) is 0 Å². The van der Waals surface area contributed by atoms with Crippen molar-refractivity contribution in [2.75, 3.05) is 5.32 Å². The molecule has 7 nitrogen and oxygen atoms in total. The van der Waals surface area contributed by atoms with E-state index in [0.717, 1.165) is 18.2 Å². The van der Waals surface area contributed by atoms with Gasteiger partial charge in [0.2, 0.25) is 11.8 Å². The molecular formula is C11H10FN3O4. The number of nitro benzene ring substituents is 1. The van der Waals surface area contributed by atoms with Crippen LogP contribution in [0.3, 0.4) is 0 Å². The summed E-state index contributed by atoms with van der Waals surface area (Å²) in [5, 5.41) is 15.5. The van der Waals surface area contributed by atoms with Gasteiger partial charge in [0.1, 0.15) is 17.5 Å². The smallest absolute Gasteiger partial charge is 0.292 e. The fourth-order valence-electron chi connectivity index (χ4n) is 1.80. The van der Waals surface area contributed by atoms with Crippen molar-refractivity contribution >= 4 is 23.2 Å². The molecule has 2 rings (SSSR count). The van der Waals surface area contributed by atoms with Gasteiger partial charge < -0.3 is 5.32 Å². The molecule has 0 bridgehead atoms. The van der Waals surface area contributed by atoms with E-state index in [0.29, 0.717) is 0 Å². The van der Waals surface area contributed by atoms with Crippen LogP contribution in [0.4, 0.5) is 15.8 Å². The van der Waals surface area contributed by atoms with E-state index in [4.69, 9.17) is 0 Å². The Morgan fingerprint density at radius 3 is 2.79 bits per heavy atom. The van der Waals surface area contributed by atoms with E-state index < -0.39 is 28.6 Å². The van der Waals surface area contributed by atoms with Gasteiger partial charge >= 0.3 is 0 Å². The van der Waals surface area contributed by atoms with Gasteiger partial charge in [0.15, 0.2) is 0 Å². The summed E-state index contributed by atoms with van der Waals surface area (Å²) in [7, 11) is 0. The average molecular weight is 267 g/mol. The summed E-state index contributed by atoms with van der Waals surface area (Å²) in [4.78, 5) is 32.6. The number of nitrogens with one attached hydrogen (secondary N) is 2. The number of nitro groups is 1. The number of hydrogen-bond donors (Lipinski definition) is 2. The Hall–Kier alpha value is -2.51. The van der Waals surface area contributed by atoms with E-state index in [9.17, 15) is 24.1 Å². The summed E-state index contributed by atoms with van der Waals surface area (Å²) in [6, 6.07) is 2.14. The molecule has 0 saturated carbocycles. The molecule has 100 valence electrons. The molecule has 1 aliphatic rings. The molecule has 1 saturated heterocycles. The predicted octanol–water partition coefficient (Wildman–Crippen LogP) is 0.951. The van der Waals surface area contributed by atoms with Crippen LogP contribution in [-0.4, -0.2) is 22.8 Å². The SMILES string of the molecule is O=C1CCC(Nc2cc(F)ccc2[N+](=O)[O-])C(=O)N1. The number of rotatable bonds is 3. The van der Waals surface area contributed by atoms with Crippen molar-refractivity contribution in [2.45, 2.75) is 18.9 Å². The van der Waals surface area contributed by atoms with Gasteiger partial charge in [-0.05, 0) is 12.5 Å². The maximum Gasteiger partial charge on any atom is 0.292 e. The molecule has 0 aliphatic carbocycles. The van der Waals surface area contributed by atoms with Crippen LogP contribution in [0.1, 0.15) is 12.8 Å². The summed E-state index contributed by atoms with van der Waals surface area (Å²) in [6.07, 6.45) is 0.338. The van der Waals surface area contributed by atoms with E-state index in [1.807, 2.05) is 0 Å². The van der Waals surface area contributed by atoms with Crippen LogP contribution < -0.4 is 10.6 Å². The van der Waals surface area contributed by atoms with Crippen LogP contribution in [0.25, 0.3) is 0 Å². The first-order chi connectivity index (χ1) is 8.97. The van der Waals surface area contributed by atoms with Gasteiger partial charge in [-0.2, -0.15) is 0 Å². The molecule has 1 fully saturated rings. The van der Waals surface area contributed by atoms with Crippen molar-refractivity contribution in [1.82, 2.24) is 5.32 Å². The molecule has 1 heterocycles. The minimum absolute atomic E-state index is 0.0838. The molecular weight excluding hydrogens is 257 g/mol. The van der Waals surface area contributed by atoms with Gasteiger partial charge in [0.05, 0.1) is 4.92 Å². The number of hydrogen-bond acceptors (Lipinski definition) is 5. The number of piperidine rings is 1. The molecule has 19 heavy (non-hydrogen) atoms.